The van der Waals surface area contributed by atoms with Crippen LogP contribution in [0, 0.1) is 13.8 Å². The van der Waals surface area contributed by atoms with Crippen LogP contribution in [0.15, 0.2) is 29.6 Å². The van der Waals surface area contributed by atoms with Crippen LogP contribution in [0.25, 0.3) is 10.4 Å². The molecule has 1 aromatic heterocycles. The molecule has 72 valence electrons. The van der Waals surface area contributed by atoms with Crippen LogP contribution in [0.3, 0.4) is 0 Å². The van der Waals surface area contributed by atoms with Crippen molar-refractivity contribution in [3.8, 4) is 10.4 Å². The molecule has 2 rings (SSSR count). The molecule has 1 nitrogen and oxygen atoms in total. The van der Waals surface area contributed by atoms with Crippen LogP contribution >= 0.6 is 11.3 Å². The minimum Gasteiger partial charge on any atom is -0.399 e. The number of hydrogen-bond acceptors (Lipinski definition) is 2. The number of anilines is 1. The Morgan fingerprint density at radius 3 is 2.50 bits per heavy atom. The SMILES string of the molecule is Cc1cc(N)cc(-c2sccc2C)c1. The average molecular weight is 203 g/mol. The first-order valence-electron chi connectivity index (χ1n) is 4.58. The topological polar surface area (TPSA) is 26.0 Å². The first-order chi connectivity index (χ1) is 6.66. The number of benzene rings is 1. The molecular weight excluding hydrogens is 190 g/mol. The van der Waals surface area contributed by atoms with E-state index in [2.05, 4.69) is 31.4 Å². The smallest absolute Gasteiger partial charge is 0.0372 e. The minimum absolute atomic E-state index is 0.841. The van der Waals surface area contributed by atoms with Crippen LogP contribution in [0.1, 0.15) is 11.1 Å². The molecule has 14 heavy (non-hydrogen) atoms. The van der Waals surface area contributed by atoms with Crippen LogP contribution in [0.4, 0.5) is 5.69 Å². The van der Waals surface area contributed by atoms with Crippen molar-refractivity contribution < 1.29 is 0 Å². The number of nitrogens with two attached hydrogens (primary N) is 1. The monoisotopic (exact) mass is 203 g/mol. The van der Waals surface area contributed by atoms with E-state index in [-0.39, 0.29) is 0 Å². The number of thiophene rings is 1. The summed E-state index contributed by atoms with van der Waals surface area (Å²) < 4.78 is 0. The van der Waals surface area contributed by atoms with Crippen molar-refractivity contribution in [1.29, 1.82) is 0 Å². The highest BCUT2D eigenvalue weighted by molar-refractivity contribution is 7.13. The molecule has 0 aliphatic rings. The molecule has 0 aliphatic carbocycles. The first-order valence-corrected chi connectivity index (χ1v) is 5.46. The minimum atomic E-state index is 0.841. The third kappa shape index (κ3) is 1.66. The van der Waals surface area contributed by atoms with E-state index in [0.29, 0.717) is 0 Å². The van der Waals surface area contributed by atoms with Gasteiger partial charge in [-0.3, -0.25) is 0 Å². The number of aryl methyl sites for hydroxylation is 2. The van der Waals surface area contributed by atoms with E-state index in [4.69, 9.17) is 5.73 Å². The summed E-state index contributed by atoms with van der Waals surface area (Å²) in [4.78, 5) is 1.32. The Bertz CT molecular complexity index is 437. The fraction of sp³-hybridized carbons (Fsp3) is 0.167. The van der Waals surface area contributed by atoms with Gasteiger partial charge in [0.05, 0.1) is 0 Å². The van der Waals surface area contributed by atoms with Crippen molar-refractivity contribution in [1.82, 2.24) is 0 Å². The Kier molecular flexibility index (Phi) is 2.30. The van der Waals surface area contributed by atoms with Gasteiger partial charge in [0.2, 0.25) is 0 Å². The van der Waals surface area contributed by atoms with E-state index in [9.17, 15) is 0 Å². The zero-order chi connectivity index (χ0) is 10.1. The largest absolute Gasteiger partial charge is 0.399 e. The Balaban J connectivity index is 2.57. The lowest BCUT2D eigenvalue weighted by atomic mass is 10.1. The van der Waals surface area contributed by atoms with Gasteiger partial charge in [0.1, 0.15) is 0 Å². The van der Waals surface area contributed by atoms with Crippen LogP contribution in [-0.2, 0) is 0 Å². The molecule has 2 aromatic rings. The number of nitrogen functional groups attached to an aromatic ring is 1. The van der Waals surface area contributed by atoms with Gasteiger partial charge in [-0.2, -0.15) is 0 Å². The lowest BCUT2D eigenvalue weighted by molar-refractivity contribution is 1.46. The van der Waals surface area contributed by atoms with Crippen molar-refractivity contribution in [2.24, 2.45) is 0 Å². The third-order valence-electron chi connectivity index (χ3n) is 2.22. The predicted molar refractivity (Wildman–Crippen MR) is 63.6 cm³/mol. The third-order valence-corrected chi connectivity index (χ3v) is 3.29. The van der Waals surface area contributed by atoms with Gasteiger partial charge in [0.15, 0.2) is 0 Å². The fourth-order valence-electron chi connectivity index (χ4n) is 1.61. The summed E-state index contributed by atoms with van der Waals surface area (Å²) in [5.41, 5.74) is 10.4. The molecule has 0 atom stereocenters. The average Bonchev–Trinajstić information content (AvgIpc) is 2.49. The molecule has 0 unspecified atom stereocenters. The summed E-state index contributed by atoms with van der Waals surface area (Å²) in [6.07, 6.45) is 0. The molecule has 0 spiro atoms. The van der Waals surface area contributed by atoms with Crippen molar-refractivity contribution in [2.45, 2.75) is 13.8 Å². The van der Waals surface area contributed by atoms with Gasteiger partial charge in [-0.25, -0.2) is 0 Å². The van der Waals surface area contributed by atoms with Gasteiger partial charge in [0.25, 0.3) is 0 Å². The molecule has 0 amide bonds. The van der Waals surface area contributed by atoms with Gasteiger partial charge in [-0.05, 0) is 54.1 Å². The summed E-state index contributed by atoms with van der Waals surface area (Å²) in [6, 6.07) is 8.34. The molecule has 0 fully saturated rings. The van der Waals surface area contributed by atoms with E-state index in [1.807, 2.05) is 12.1 Å². The highest BCUT2D eigenvalue weighted by Gasteiger charge is 2.04. The lowest BCUT2D eigenvalue weighted by Gasteiger charge is -2.03. The summed E-state index contributed by atoms with van der Waals surface area (Å²) in [5, 5.41) is 2.11. The van der Waals surface area contributed by atoms with Crippen LogP contribution in [0.5, 0.6) is 0 Å². The van der Waals surface area contributed by atoms with Crippen LogP contribution in [0.2, 0.25) is 0 Å². The maximum absolute atomic E-state index is 5.82. The fourth-order valence-corrected chi connectivity index (χ4v) is 2.53. The highest BCUT2D eigenvalue weighted by Crippen LogP contribution is 2.30. The second kappa shape index (κ2) is 3.46. The molecular formula is C12H13NS. The summed E-state index contributed by atoms with van der Waals surface area (Å²) in [7, 11) is 0. The molecule has 0 saturated heterocycles. The van der Waals surface area contributed by atoms with Crippen LogP contribution in [-0.4, -0.2) is 0 Å². The first kappa shape index (κ1) is 9.28. The van der Waals surface area contributed by atoms with Crippen molar-refractivity contribution in [2.75, 3.05) is 5.73 Å². The quantitative estimate of drug-likeness (QED) is 0.704. The second-order valence-electron chi connectivity index (χ2n) is 3.57. The summed E-state index contributed by atoms with van der Waals surface area (Å²) in [5.74, 6) is 0. The number of hydrogen-bond donors (Lipinski definition) is 1. The van der Waals surface area contributed by atoms with Gasteiger partial charge in [-0.15, -0.1) is 11.3 Å². The standard InChI is InChI=1S/C12H13NS/c1-8-5-10(7-11(13)6-8)12-9(2)3-4-14-12/h3-7H,13H2,1-2H3. The van der Waals surface area contributed by atoms with E-state index < -0.39 is 0 Å². The zero-order valence-electron chi connectivity index (χ0n) is 8.37. The van der Waals surface area contributed by atoms with Gasteiger partial charge >= 0.3 is 0 Å². The molecule has 0 aliphatic heterocycles. The predicted octanol–water partition coefficient (Wildman–Crippen LogP) is 3.61. The molecule has 0 radical (unpaired) electrons. The second-order valence-corrected chi connectivity index (χ2v) is 4.48. The van der Waals surface area contributed by atoms with Crippen molar-refractivity contribution >= 4 is 17.0 Å². The molecule has 2 N–H and O–H groups in total. The van der Waals surface area contributed by atoms with Gasteiger partial charge in [0, 0.05) is 10.6 Å². The lowest BCUT2D eigenvalue weighted by Crippen LogP contribution is -1.87. The molecule has 1 heterocycles. The highest BCUT2D eigenvalue weighted by atomic mass is 32.1. The summed E-state index contributed by atoms with van der Waals surface area (Å²) in [6.45, 7) is 4.20. The molecule has 0 bridgehead atoms. The zero-order valence-corrected chi connectivity index (χ0v) is 9.19. The van der Waals surface area contributed by atoms with Crippen molar-refractivity contribution in [3.63, 3.8) is 0 Å². The van der Waals surface area contributed by atoms with E-state index in [1.165, 1.54) is 21.6 Å². The van der Waals surface area contributed by atoms with E-state index in [0.717, 1.165) is 5.69 Å². The van der Waals surface area contributed by atoms with E-state index in [1.54, 1.807) is 11.3 Å². The van der Waals surface area contributed by atoms with Gasteiger partial charge < -0.3 is 5.73 Å². The van der Waals surface area contributed by atoms with Crippen molar-refractivity contribution in [3.05, 3.63) is 40.8 Å². The molecule has 2 heteroatoms. The Labute approximate surface area is 88.2 Å². The Hall–Kier alpha value is -1.28. The normalized spacial score (nSPS) is 10.4. The Morgan fingerprint density at radius 2 is 1.93 bits per heavy atom. The molecule has 1 aromatic carbocycles. The number of rotatable bonds is 1. The molecule has 0 saturated carbocycles. The van der Waals surface area contributed by atoms with E-state index >= 15 is 0 Å². The maximum Gasteiger partial charge on any atom is 0.0372 e. The van der Waals surface area contributed by atoms with Gasteiger partial charge in [-0.1, -0.05) is 6.07 Å². The summed E-state index contributed by atoms with van der Waals surface area (Å²) >= 11 is 1.76. The Morgan fingerprint density at radius 1 is 1.14 bits per heavy atom. The maximum atomic E-state index is 5.82. The van der Waals surface area contributed by atoms with Crippen LogP contribution < -0.4 is 5.73 Å².